The van der Waals surface area contributed by atoms with Crippen molar-refractivity contribution in [3.05, 3.63) is 127 Å². The Morgan fingerprint density at radius 2 is 0.943 bits per heavy atom. The molecule has 35 heavy (non-hydrogen) atoms. The molecule has 0 saturated heterocycles. The van der Waals surface area contributed by atoms with Crippen LogP contribution in [-0.4, -0.2) is 21.9 Å². The van der Waals surface area contributed by atoms with Crippen molar-refractivity contribution in [2.75, 3.05) is 4.81 Å². The van der Waals surface area contributed by atoms with Crippen LogP contribution in [0, 0.1) is 0 Å². The fourth-order valence-electron chi connectivity index (χ4n) is 4.82. The predicted molar refractivity (Wildman–Crippen MR) is 145 cm³/mol. The summed E-state index contributed by atoms with van der Waals surface area (Å²) < 4.78 is 2.24. The lowest BCUT2D eigenvalue weighted by Crippen LogP contribution is -2.35. The maximum Gasteiger partial charge on any atom is 0.592 e. The minimum atomic E-state index is -1.67. The zero-order chi connectivity index (χ0) is 23.8. The van der Waals surface area contributed by atoms with Gasteiger partial charge in [-0.3, -0.25) is 0 Å². The monoisotopic (exact) mass is 454 g/mol. The second kappa shape index (κ2) is 8.80. The second-order valence-electron chi connectivity index (χ2n) is 8.52. The molecule has 4 nitrogen and oxygen atoms in total. The van der Waals surface area contributed by atoms with Crippen LogP contribution in [0.15, 0.2) is 127 Å². The average Bonchev–Trinajstić information content (AvgIpc) is 3.25. The van der Waals surface area contributed by atoms with Gasteiger partial charge in [-0.2, -0.15) is 0 Å². The first kappa shape index (κ1) is 21.2. The fraction of sp³-hybridized carbons (Fsp3) is 0. The number of aromatic nitrogens is 1. The largest absolute Gasteiger partial charge is 0.592 e. The molecule has 0 radical (unpaired) electrons. The van der Waals surface area contributed by atoms with Crippen LogP contribution >= 0.6 is 0 Å². The molecule has 6 rings (SSSR count). The molecule has 1 heterocycles. The molecule has 6 aromatic rings. The van der Waals surface area contributed by atoms with Crippen LogP contribution in [0.4, 0.5) is 11.4 Å². The first-order chi connectivity index (χ1) is 17.2. The van der Waals surface area contributed by atoms with E-state index in [0.29, 0.717) is 11.4 Å². The zero-order valence-electron chi connectivity index (χ0n) is 19.0. The molecule has 1 aromatic heterocycles. The smallest absolute Gasteiger partial charge is 0.407 e. The van der Waals surface area contributed by atoms with Gasteiger partial charge in [0.15, 0.2) is 0 Å². The Morgan fingerprint density at radius 3 is 1.49 bits per heavy atom. The highest BCUT2D eigenvalue weighted by molar-refractivity contribution is 6.49. The summed E-state index contributed by atoms with van der Waals surface area (Å²) in [6.45, 7) is 0. The normalized spacial score (nSPS) is 11.1. The van der Waals surface area contributed by atoms with E-state index in [1.165, 1.54) is 15.6 Å². The molecule has 5 aromatic carbocycles. The quantitative estimate of drug-likeness (QED) is 0.290. The number of hydrogen-bond acceptors (Lipinski definition) is 3. The molecule has 0 saturated carbocycles. The van der Waals surface area contributed by atoms with Gasteiger partial charge in [0.2, 0.25) is 0 Å². The Labute approximate surface area is 204 Å². The molecule has 0 aliphatic rings. The van der Waals surface area contributed by atoms with E-state index in [9.17, 15) is 10.0 Å². The van der Waals surface area contributed by atoms with E-state index in [1.807, 2.05) is 66.7 Å². The Morgan fingerprint density at radius 1 is 0.486 bits per heavy atom. The van der Waals surface area contributed by atoms with E-state index < -0.39 is 7.25 Å². The van der Waals surface area contributed by atoms with Crippen molar-refractivity contribution in [1.29, 1.82) is 0 Å². The molecule has 168 valence electrons. The minimum absolute atomic E-state index is 0.692. The van der Waals surface area contributed by atoms with E-state index in [0.717, 1.165) is 27.8 Å². The average molecular weight is 454 g/mol. The molecule has 0 fully saturated rings. The van der Waals surface area contributed by atoms with Crippen LogP contribution < -0.4 is 4.81 Å². The third-order valence-electron chi connectivity index (χ3n) is 6.45. The number of para-hydroxylation sites is 2. The number of hydrogen-bond donors (Lipinski definition) is 2. The number of rotatable bonds is 5. The molecule has 2 N–H and O–H groups in total. The van der Waals surface area contributed by atoms with Crippen LogP contribution in [0.5, 0.6) is 0 Å². The van der Waals surface area contributed by atoms with Crippen molar-refractivity contribution in [3.63, 3.8) is 0 Å². The van der Waals surface area contributed by atoms with Gasteiger partial charge in [0.1, 0.15) is 0 Å². The molecule has 0 unspecified atom stereocenters. The lowest BCUT2D eigenvalue weighted by molar-refractivity contribution is 0.407. The second-order valence-corrected chi connectivity index (χ2v) is 8.52. The Balaban J connectivity index is 1.38. The van der Waals surface area contributed by atoms with Crippen molar-refractivity contribution in [2.24, 2.45) is 0 Å². The Hall–Kier alpha value is -4.32. The summed E-state index contributed by atoms with van der Waals surface area (Å²) in [7, 11) is -1.67. The molecule has 0 aliphatic heterocycles. The van der Waals surface area contributed by atoms with Gasteiger partial charge in [0.25, 0.3) is 0 Å². The van der Waals surface area contributed by atoms with Crippen LogP contribution in [0.2, 0.25) is 0 Å². The molecule has 0 bridgehead atoms. The van der Waals surface area contributed by atoms with Crippen LogP contribution in [0.1, 0.15) is 0 Å². The number of anilines is 2. The van der Waals surface area contributed by atoms with Crippen LogP contribution in [-0.2, 0) is 0 Å². The Bertz CT molecular complexity index is 1560. The lowest BCUT2D eigenvalue weighted by Gasteiger charge is -2.24. The van der Waals surface area contributed by atoms with Gasteiger partial charge in [-0.1, -0.05) is 78.9 Å². The number of nitrogens with zero attached hydrogens (tertiary/aromatic N) is 2. The van der Waals surface area contributed by atoms with Crippen molar-refractivity contribution < 1.29 is 10.0 Å². The van der Waals surface area contributed by atoms with E-state index in [1.54, 1.807) is 0 Å². The van der Waals surface area contributed by atoms with Crippen molar-refractivity contribution in [3.8, 4) is 16.8 Å². The summed E-state index contributed by atoms with van der Waals surface area (Å²) in [6, 6.07) is 42.5. The standard InChI is InChI=1S/C30H23BN2O2/c34-31(35)33(25-16-14-23(15-17-25)22-8-2-1-3-9-22)26-20-18-24(19-21-26)32-29-12-6-4-10-27(29)28-11-5-7-13-30(28)32/h1-21,34-35H. The van der Waals surface area contributed by atoms with E-state index in [2.05, 4.69) is 65.2 Å². The first-order valence-corrected chi connectivity index (χ1v) is 11.6. The van der Waals surface area contributed by atoms with Gasteiger partial charge in [-0.05, 0) is 59.7 Å². The summed E-state index contributed by atoms with van der Waals surface area (Å²) >= 11 is 0. The van der Waals surface area contributed by atoms with Gasteiger partial charge in [0.05, 0.1) is 11.0 Å². The molecule has 0 amide bonds. The molecule has 0 atom stereocenters. The first-order valence-electron chi connectivity index (χ1n) is 11.6. The van der Waals surface area contributed by atoms with Crippen molar-refractivity contribution in [2.45, 2.75) is 0 Å². The summed E-state index contributed by atoms with van der Waals surface area (Å²) in [5.41, 5.74) is 6.86. The molecule has 0 aliphatic carbocycles. The molecular formula is C30H23BN2O2. The van der Waals surface area contributed by atoms with E-state index in [-0.39, 0.29) is 0 Å². The van der Waals surface area contributed by atoms with Crippen LogP contribution in [0.25, 0.3) is 38.6 Å². The van der Waals surface area contributed by atoms with Crippen molar-refractivity contribution in [1.82, 2.24) is 4.57 Å². The highest BCUT2D eigenvalue weighted by Crippen LogP contribution is 2.34. The SMILES string of the molecule is OB(O)N(c1ccc(-c2ccccc2)cc1)c1ccc(-n2c3ccccc3c3ccccc32)cc1. The maximum atomic E-state index is 10.2. The summed E-state index contributed by atoms with van der Waals surface area (Å²) in [6.07, 6.45) is 0. The zero-order valence-corrected chi connectivity index (χ0v) is 19.0. The highest BCUT2D eigenvalue weighted by atomic mass is 16.4. The van der Waals surface area contributed by atoms with E-state index in [4.69, 9.17) is 0 Å². The molecule has 5 heteroatoms. The fourth-order valence-corrected chi connectivity index (χ4v) is 4.82. The van der Waals surface area contributed by atoms with Gasteiger partial charge >= 0.3 is 7.25 Å². The highest BCUT2D eigenvalue weighted by Gasteiger charge is 2.23. The van der Waals surface area contributed by atoms with Crippen molar-refractivity contribution >= 4 is 40.4 Å². The number of benzene rings is 5. The molecule has 0 spiro atoms. The van der Waals surface area contributed by atoms with Gasteiger partial charge in [-0.15, -0.1) is 0 Å². The lowest BCUT2D eigenvalue weighted by atomic mass is 9.99. The molecular weight excluding hydrogens is 431 g/mol. The van der Waals surface area contributed by atoms with Gasteiger partial charge in [0, 0.05) is 27.8 Å². The summed E-state index contributed by atoms with van der Waals surface area (Å²) in [5.74, 6) is 0. The Kier molecular flexibility index (Phi) is 5.34. The van der Waals surface area contributed by atoms with E-state index >= 15 is 0 Å². The topological polar surface area (TPSA) is 48.6 Å². The minimum Gasteiger partial charge on any atom is -0.407 e. The maximum absolute atomic E-state index is 10.2. The van der Waals surface area contributed by atoms with Gasteiger partial charge < -0.3 is 19.4 Å². The predicted octanol–water partition coefficient (Wildman–Crippen LogP) is 6.56. The van der Waals surface area contributed by atoms with Crippen LogP contribution in [0.3, 0.4) is 0 Å². The number of fused-ring (bicyclic) bond motifs is 3. The third-order valence-corrected chi connectivity index (χ3v) is 6.45. The summed E-state index contributed by atoms with van der Waals surface area (Å²) in [5, 5.41) is 22.8. The summed E-state index contributed by atoms with van der Waals surface area (Å²) in [4.78, 5) is 1.50. The third kappa shape index (κ3) is 3.77. The van der Waals surface area contributed by atoms with Gasteiger partial charge in [-0.25, -0.2) is 0 Å².